The number of carbonyl (C=O) groups is 1. The number of aromatic nitrogens is 2. The lowest BCUT2D eigenvalue weighted by atomic mass is 9.89. The van der Waals surface area contributed by atoms with Gasteiger partial charge >= 0.3 is 0 Å². The topological polar surface area (TPSA) is 85.3 Å². The van der Waals surface area contributed by atoms with Crippen molar-refractivity contribution >= 4 is 28.5 Å². The maximum Gasteiger partial charge on any atom is 0.276 e. The van der Waals surface area contributed by atoms with E-state index in [-0.39, 0.29) is 11.7 Å². The number of halogens is 1. The Morgan fingerprint density at radius 3 is 2.84 bits per heavy atom. The molecule has 0 radical (unpaired) electrons. The van der Waals surface area contributed by atoms with E-state index in [4.69, 9.17) is 5.73 Å². The number of hydrogen-bond acceptors (Lipinski definition) is 5. The minimum Gasteiger partial charge on any atom is -0.379 e. The zero-order valence-corrected chi connectivity index (χ0v) is 15.2. The number of anilines is 1. The summed E-state index contributed by atoms with van der Waals surface area (Å²) in [6.07, 6.45) is 0.673. The third kappa shape index (κ3) is 3.53. The largest absolute Gasteiger partial charge is 0.379 e. The van der Waals surface area contributed by atoms with Crippen molar-refractivity contribution in [3.8, 4) is 0 Å². The maximum absolute atomic E-state index is 14.4. The van der Waals surface area contributed by atoms with Gasteiger partial charge < -0.3 is 11.1 Å². The zero-order valence-electron chi connectivity index (χ0n) is 14.3. The Labute approximate surface area is 149 Å². The van der Waals surface area contributed by atoms with Gasteiger partial charge in [-0.25, -0.2) is 4.39 Å². The highest BCUT2D eigenvalue weighted by atomic mass is 32.2. The van der Waals surface area contributed by atoms with Gasteiger partial charge in [-0.15, -0.1) is 0 Å². The van der Waals surface area contributed by atoms with Gasteiger partial charge in [0.15, 0.2) is 10.9 Å². The molecule has 0 saturated carbocycles. The van der Waals surface area contributed by atoms with Crippen LogP contribution in [0.4, 0.5) is 10.1 Å². The zero-order chi connectivity index (χ0) is 18.2. The highest BCUT2D eigenvalue weighted by Gasteiger charge is 2.32. The number of amidine groups is 1. The predicted molar refractivity (Wildman–Crippen MR) is 98.3 cm³/mol. The molecule has 3 rings (SSSR count). The van der Waals surface area contributed by atoms with Gasteiger partial charge in [-0.3, -0.25) is 14.5 Å². The van der Waals surface area contributed by atoms with Gasteiger partial charge in [0, 0.05) is 29.7 Å². The molecule has 2 heterocycles. The predicted octanol–water partition coefficient (Wildman–Crippen LogP) is 2.79. The van der Waals surface area contributed by atoms with E-state index in [9.17, 15) is 9.18 Å². The minimum atomic E-state index is -0.734. The van der Waals surface area contributed by atoms with E-state index in [2.05, 4.69) is 15.4 Å². The lowest BCUT2D eigenvalue weighted by molar-refractivity contribution is 0.102. The van der Waals surface area contributed by atoms with Crippen LogP contribution in [-0.2, 0) is 12.6 Å². The molecule has 25 heavy (non-hydrogen) atoms. The average molecular weight is 361 g/mol. The standard InChI is InChI=1S/C17H20FN5OS/c1-10-8-14(22-23(10)3)15(24)20-11-4-5-13(18)12(9-11)17(2)6-7-25-16(19)21-17/h4-5,8-9H,6-7H2,1-3H3,(H2,19,21)(H,20,24)/t17-/m0/s1. The van der Waals surface area contributed by atoms with Crippen molar-refractivity contribution in [2.24, 2.45) is 17.8 Å². The Balaban J connectivity index is 1.89. The minimum absolute atomic E-state index is 0.313. The monoisotopic (exact) mass is 361 g/mol. The lowest BCUT2D eigenvalue weighted by Gasteiger charge is -2.30. The van der Waals surface area contributed by atoms with Gasteiger partial charge in [0.2, 0.25) is 0 Å². The molecule has 2 aromatic rings. The molecule has 0 fully saturated rings. The Morgan fingerprint density at radius 1 is 1.44 bits per heavy atom. The summed E-state index contributed by atoms with van der Waals surface area (Å²) < 4.78 is 16.0. The van der Waals surface area contributed by atoms with E-state index in [1.165, 1.54) is 23.9 Å². The molecule has 0 saturated heterocycles. The number of aliphatic imine (C=N–C) groups is 1. The van der Waals surface area contributed by atoms with Crippen LogP contribution in [0.15, 0.2) is 29.3 Å². The summed E-state index contributed by atoms with van der Waals surface area (Å²) in [4.78, 5) is 16.8. The summed E-state index contributed by atoms with van der Waals surface area (Å²) in [5, 5.41) is 7.37. The van der Waals surface area contributed by atoms with Gasteiger partial charge in [0.25, 0.3) is 5.91 Å². The lowest BCUT2D eigenvalue weighted by Crippen LogP contribution is -2.29. The molecule has 0 bridgehead atoms. The molecular weight excluding hydrogens is 341 g/mol. The molecule has 1 aromatic heterocycles. The fraction of sp³-hybridized carbons (Fsp3) is 0.353. The van der Waals surface area contributed by atoms with Crippen LogP contribution >= 0.6 is 11.8 Å². The van der Waals surface area contributed by atoms with Gasteiger partial charge in [0.05, 0.1) is 5.54 Å². The van der Waals surface area contributed by atoms with Gasteiger partial charge in [-0.1, -0.05) is 11.8 Å². The highest BCUT2D eigenvalue weighted by Crippen LogP contribution is 2.37. The second-order valence-corrected chi connectivity index (χ2v) is 7.38. The van der Waals surface area contributed by atoms with Crippen molar-refractivity contribution in [3.05, 3.63) is 47.0 Å². The molecule has 1 amide bonds. The van der Waals surface area contributed by atoms with Crippen LogP contribution in [0, 0.1) is 12.7 Å². The highest BCUT2D eigenvalue weighted by molar-refractivity contribution is 8.13. The van der Waals surface area contributed by atoms with Crippen LogP contribution in [0.3, 0.4) is 0 Å². The van der Waals surface area contributed by atoms with E-state index in [0.29, 0.717) is 28.5 Å². The Hall–Kier alpha value is -2.35. The number of aryl methyl sites for hydroxylation is 2. The van der Waals surface area contributed by atoms with Crippen molar-refractivity contribution in [2.75, 3.05) is 11.1 Å². The summed E-state index contributed by atoms with van der Waals surface area (Å²) in [5.41, 5.74) is 7.20. The van der Waals surface area contributed by atoms with Crippen LogP contribution in [0.2, 0.25) is 0 Å². The van der Waals surface area contributed by atoms with E-state index >= 15 is 0 Å². The van der Waals surface area contributed by atoms with Crippen LogP contribution in [-0.4, -0.2) is 26.6 Å². The van der Waals surface area contributed by atoms with Gasteiger partial charge in [0.1, 0.15) is 5.82 Å². The summed E-state index contributed by atoms with van der Waals surface area (Å²) in [7, 11) is 1.77. The molecule has 8 heteroatoms. The summed E-state index contributed by atoms with van der Waals surface area (Å²) >= 11 is 1.46. The number of amides is 1. The number of nitrogens with one attached hydrogen (secondary N) is 1. The van der Waals surface area contributed by atoms with E-state index in [1.54, 1.807) is 23.9 Å². The molecule has 6 nitrogen and oxygen atoms in total. The number of hydrogen-bond donors (Lipinski definition) is 2. The number of carbonyl (C=O) groups excluding carboxylic acids is 1. The first-order valence-corrected chi connectivity index (χ1v) is 8.87. The first kappa shape index (κ1) is 17.5. The second-order valence-electron chi connectivity index (χ2n) is 6.27. The van der Waals surface area contributed by atoms with Crippen LogP contribution in [0.5, 0.6) is 0 Å². The molecule has 0 spiro atoms. The normalized spacial score (nSPS) is 20.2. The SMILES string of the molecule is Cc1cc(C(=O)Nc2ccc(F)c([C@]3(C)CCSC(N)=N3)c2)nn1C. The molecule has 0 aliphatic carbocycles. The quantitative estimate of drug-likeness (QED) is 0.880. The number of benzene rings is 1. The van der Waals surface area contributed by atoms with Crippen molar-refractivity contribution < 1.29 is 9.18 Å². The molecule has 0 unspecified atom stereocenters. The molecular formula is C17H20FN5OS. The third-order valence-electron chi connectivity index (χ3n) is 4.35. The Morgan fingerprint density at radius 2 is 2.20 bits per heavy atom. The first-order valence-electron chi connectivity index (χ1n) is 7.89. The molecule has 3 N–H and O–H groups in total. The number of thioether (sulfide) groups is 1. The summed E-state index contributed by atoms with van der Waals surface area (Å²) in [6, 6.07) is 6.19. The van der Waals surface area contributed by atoms with E-state index in [1.807, 2.05) is 13.8 Å². The van der Waals surface area contributed by atoms with E-state index in [0.717, 1.165) is 11.4 Å². The fourth-order valence-corrected chi connectivity index (χ4v) is 3.74. The number of rotatable bonds is 3. The van der Waals surface area contributed by atoms with Crippen molar-refractivity contribution in [2.45, 2.75) is 25.8 Å². The molecule has 1 aliphatic heterocycles. The molecule has 1 aliphatic rings. The summed E-state index contributed by atoms with van der Waals surface area (Å²) in [6.45, 7) is 3.72. The Kier molecular flexibility index (Phi) is 4.55. The molecule has 1 atom stereocenters. The van der Waals surface area contributed by atoms with Crippen molar-refractivity contribution in [1.29, 1.82) is 0 Å². The fourth-order valence-electron chi connectivity index (χ4n) is 2.76. The number of nitrogens with two attached hydrogens (primary N) is 1. The maximum atomic E-state index is 14.4. The molecule has 132 valence electrons. The number of nitrogens with zero attached hydrogens (tertiary/aromatic N) is 3. The second kappa shape index (κ2) is 6.51. The van der Waals surface area contributed by atoms with Crippen LogP contribution < -0.4 is 11.1 Å². The smallest absolute Gasteiger partial charge is 0.276 e. The molecule has 1 aromatic carbocycles. The van der Waals surface area contributed by atoms with Crippen molar-refractivity contribution in [3.63, 3.8) is 0 Å². The van der Waals surface area contributed by atoms with Gasteiger partial charge in [-0.05, 0) is 44.5 Å². The van der Waals surface area contributed by atoms with E-state index < -0.39 is 5.54 Å². The van der Waals surface area contributed by atoms with Crippen molar-refractivity contribution in [1.82, 2.24) is 9.78 Å². The van der Waals surface area contributed by atoms with Gasteiger partial charge in [-0.2, -0.15) is 5.10 Å². The van der Waals surface area contributed by atoms with Crippen LogP contribution in [0.25, 0.3) is 0 Å². The first-order chi connectivity index (χ1) is 11.8. The van der Waals surface area contributed by atoms with Crippen LogP contribution in [0.1, 0.15) is 35.1 Å². The summed E-state index contributed by atoms with van der Waals surface area (Å²) in [5.74, 6) is 0.0703. The average Bonchev–Trinajstić information content (AvgIpc) is 2.88. The third-order valence-corrected chi connectivity index (χ3v) is 5.14. The Bertz CT molecular complexity index is 843.